The van der Waals surface area contributed by atoms with E-state index in [2.05, 4.69) is 36.8 Å². The SMILES string of the molecule is Cc1c(Br)cccc1-n1c(=S)[nH]c2cc(Br)c(F)cc21. The first-order chi connectivity index (χ1) is 9.49. The van der Waals surface area contributed by atoms with Crippen molar-refractivity contribution in [1.82, 2.24) is 9.55 Å². The molecule has 0 aliphatic rings. The van der Waals surface area contributed by atoms with Gasteiger partial charge in [-0.1, -0.05) is 22.0 Å². The maximum Gasteiger partial charge on any atom is 0.182 e. The van der Waals surface area contributed by atoms with Crippen LogP contribution in [0.2, 0.25) is 0 Å². The van der Waals surface area contributed by atoms with Gasteiger partial charge < -0.3 is 4.98 Å². The van der Waals surface area contributed by atoms with E-state index >= 15 is 0 Å². The fourth-order valence-corrected chi connectivity index (χ4v) is 3.19. The summed E-state index contributed by atoms with van der Waals surface area (Å²) in [7, 11) is 0. The summed E-state index contributed by atoms with van der Waals surface area (Å²) in [4.78, 5) is 3.11. The van der Waals surface area contributed by atoms with Crippen LogP contribution in [0.5, 0.6) is 0 Å². The molecule has 0 amide bonds. The van der Waals surface area contributed by atoms with E-state index in [4.69, 9.17) is 12.2 Å². The van der Waals surface area contributed by atoms with E-state index < -0.39 is 0 Å². The predicted molar refractivity (Wildman–Crippen MR) is 88.6 cm³/mol. The second-order valence-corrected chi connectivity index (χ2v) is 6.53. The van der Waals surface area contributed by atoms with Crippen LogP contribution in [0.3, 0.4) is 0 Å². The van der Waals surface area contributed by atoms with E-state index in [9.17, 15) is 4.39 Å². The quantitative estimate of drug-likeness (QED) is 0.508. The molecule has 0 atom stereocenters. The van der Waals surface area contributed by atoms with Gasteiger partial charge in [0.05, 0.1) is 21.2 Å². The van der Waals surface area contributed by atoms with Crippen molar-refractivity contribution in [3.8, 4) is 5.69 Å². The largest absolute Gasteiger partial charge is 0.330 e. The Morgan fingerprint density at radius 1 is 1.20 bits per heavy atom. The summed E-state index contributed by atoms with van der Waals surface area (Å²) < 4.78 is 17.6. The van der Waals surface area contributed by atoms with Crippen molar-refractivity contribution in [1.29, 1.82) is 0 Å². The lowest BCUT2D eigenvalue weighted by Crippen LogP contribution is -1.98. The average molecular weight is 416 g/mol. The minimum absolute atomic E-state index is 0.312. The van der Waals surface area contributed by atoms with Crippen molar-refractivity contribution in [2.75, 3.05) is 0 Å². The van der Waals surface area contributed by atoms with E-state index in [1.807, 2.05) is 29.7 Å². The van der Waals surface area contributed by atoms with Crippen LogP contribution >= 0.6 is 44.1 Å². The molecule has 20 heavy (non-hydrogen) atoms. The molecule has 0 aliphatic heterocycles. The molecule has 1 N–H and O–H groups in total. The Balaban J connectivity index is 2.42. The second-order valence-electron chi connectivity index (χ2n) is 4.43. The van der Waals surface area contributed by atoms with Gasteiger partial charge in [-0.15, -0.1) is 0 Å². The highest BCUT2D eigenvalue weighted by atomic mass is 79.9. The Morgan fingerprint density at radius 3 is 2.70 bits per heavy atom. The Labute approximate surface area is 136 Å². The molecule has 3 aromatic rings. The van der Waals surface area contributed by atoms with Gasteiger partial charge in [0.25, 0.3) is 0 Å². The summed E-state index contributed by atoms with van der Waals surface area (Å²) in [5.41, 5.74) is 3.49. The number of hydrogen-bond donors (Lipinski definition) is 1. The average Bonchev–Trinajstić information content (AvgIpc) is 2.69. The van der Waals surface area contributed by atoms with E-state index in [0.717, 1.165) is 26.8 Å². The third-order valence-corrected chi connectivity index (χ3v) is 4.96. The molecular formula is C14H9Br2FN2S. The fraction of sp³-hybridized carbons (Fsp3) is 0.0714. The molecule has 0 spiro atoms. The summed E-state index contributed by atoms with van der Waals surface area (Å²) in [5.74, 6) is -0.312. The van der Waals surface area contributed by atoms with Crippen molar-refractivity contribution in [3.63, 3.8) is 0 Å². The molecule has 0 saturated heterocycles. The molecule has 3 rings (SSSR count). The molecule has 1 aromatic heterocycles. The van der Waals surface area contributed by atoms with Crippen LogP contribution in [0.15, 0.2) is 39.3 Å². The number of fused-ring (bicyclic) bond motifs is 1. The standard InChI is InChI=1S/C14H9Br2FN2S/c1-7-8(15)3-2-4-12(7)19-13-6-10(17)9(16)5-11(13)18-14(19)20/h2-6H,1H3,(H,18,20). The third-order valence-electron chi connectivity index (χ3n) is 3.20. The lowest BCUT2D eigenvalue weighted by atomic mass is 10.2. The van der Waals surface area contributed by atoms with Gasteiger partial charge in [0.1, 0.15) is 5.82 Å². The smallest absolute Gasteiger partial charge is 0.182 e. The van der Waals surface area contributed by atoms with E-state index in [0.29, 0.717) is 9.24 Å². The molecule has 0 saturated carbocycles. The molecule has 2 aromatic carbocycles. The summed E-state index contributed by atoms with van der Waals surface area (Å²) in [6, 6.07) is 9.04. The predicted octanol–water partition coefficient (Wildman–Crippen LogP) is 5.66. The minimum atomic E-state index is -0.312. The number of rotatable bonds is 1. The van der Waals surface area contributed by atoms with E-state index in [-0.39, 0.29) is 5.82 Å². The Kier molecular flexibility index (Phi) is 3.56. The van der Waals surface area contributed by atoms with Crippen molar-refractivity contribution in [2.45, 2.75) is 6.92 Å². The van der Waals surface area contributed by atoms with E-state index in [1.54, 1.807) is 6.07 Å². The summed E-state index contributed by atoms with van der Waals surface area (Å²) in [5, 5.41) is 0. The summed E-state index contributed by atoms with van der Waals surface area (Å²) >= 11 is 12.1. The number of nitrogens with zero attached hydrogens (tertiary/aromatic N) is 1. The third kappa shape index (κ3) is 2.16. The summed E-state index contributed by atoms with van der Waals surface area (Å²) in [6.07, 6.45) is 0. The maximum atomic E-state index is 13.8. The highest BCUT2D eigenvalue weighted by Gasteiger charge is 2.12. The zero-order valence-electron chi connectivity index (χ0n) is 10.4. The van der Waals surface area contributed by atoms with Gasteiger partial charge in [-0.2, -0.15) is 0 Å². The molecule has 0 aliphatic carbocycles. The van der Waals surface area contributed by atoms with Gasteiger partial charge in [0.15, 0.2) is 4.77 Å². The van der Waals surface area contributed by atoms with Crippen molar-refractivity contribution >= 4 is 55.1 Å². The molecular weight excluding hydrogens is 407 g/mol. The highest BCUT2D eigenvalue weighted by molar-refractivity contribution is 9.10. The Morgan fingerprint density at radius 2 is 1.95 bits per heavy atom. The monoisotopic (exact) mass is 414 g/mol. The molecule has 0 fully saturated rings. The van der Waals surface area contributed by atoms with Crippen LogP contribution < -0.4 is 0 Å². The number of hydrogen-bond acceptors (Lipinski definition) is 1. The molecule has 6 heteroatoms. The number of H-pyrrole nitrogens is 1. The van der Waals surface area contributed by atoms with Gasteiger partial charge >= 0.3 is 0 Å². The molecule has 2 nitrogen and oxygen atoms in total. The number of nitrogens with one attached hydrogen (secondary N) is 1. The maximum absolute atomic E-state index is 13.8. The number of imidazole rings is 1. The number of aromatic amines is 1. The van der Waals surface area contributed by atoms with Gasteiger partial charge in [-0.3, -0.25) is 4.57 Å². The van der Waals surface area contributed by atoms with Gasteiger partial charge in [0, 0.05) is 10.5 Å². The van der Waals surface area contributed by atoms with E-state index in [1.165, 1.54) is 6.07 Å². The molecule has 0 bridgehead atoms. The van der Waals surface area contributed by atoms with Crippen molar-refractivity contribution in [2.24, 2.45) is 0 Å². The molecule has 102 valence electrons. The highest BCUT2D eigenvalue weighted by Crippen LogP contribution is 2.29. The van der Waals surface area contributed by atoms with Crippen molar-refractivity contribution < 1.29 is 4.39 Å². The Bertz CT molecular complexity index is 883. The molecule has 1 heterocycles. The number of aromatic nitrogens is 2. The van der Waals surface area contributed by atoms with Crippen LogP contribution in [0.25, 0.3) is 16.7 Å². The van der Waals surface area contributed by atoms with Crippen LogP contribution in [0, 0.1) is 17.5 Å². The zero-order valence-corrected chi connectivity index (χ0v) is 14.4. The topological polar surface area (TPSA) is 20.7 Å². The van der Waals surface area contributed by atoms with Crippen LogP contribution in [-0.4, -0.2) is 9.55 Å². The lowest BCUT2D eigenvalue weighted by Gasteiger charge is -2.10. The molecule has 0 unspecified atom stereocenters. The number of halogens is 3. The Hall–Kier alpha value is -0.980. The van der Waals surface area contributed by atoms with Gasteiger partial charge in [0.2, 0.25) is 0 Å². The van der Waals surface area contributed by atoms with Gasteiger partial charge in [-0.05, 0) is 58.8 Å². The normalized spacial score (nSPS) is 11.2. The second kappa shape index (κ2) is 5.09. The lowest BCUT2D eigenvalue weighted by molar-refractivity contribution is 0.622. The first-order valence-corrected chi connectivity index (χ1v) is 7.83. The number of benzene rings is 2. The van der Waals surface area contributed by atoms with Crippen LogP contribution in [-0.2, 0) is 0 Å². The first-order valence-electron chi connectivity index (χ1n) is 5.84. The first kappa shape index (κ1) is 14.0. The van der Waals surface area contributed by atoms with Crippen LogP contribution in [0.1, 0.15) is 5.56 Å². The zero-order chi connectivity index (χ0) is 14.4. The minimum Gasteiger partial charge on any atom is -0.330 e. The summed E-state index contributed by atoms with van der Waals surface area (Å²) in [6.45, 7) is 2.00. The van der Waals surface area contributed by atoms with Crippen molar-refractivity contribution in [3.05, 3.63) is 55.4 Å². The van der Waals surface area contributed by atoms with Crippen LogP contribution in [0.4, 0.5) is 4.39 Å². The molecule has 0 radical (unpaired) electrons. The van der Waals surface area contributed by atoms with Gasteiger partial charge in [-0.25, -0.2) is 4.39 Å². The fourth-order valence-electron chi connectivity index (χ4n) is 2.18.